The van der Waals surface area contributed by atoms with E-state index in [2.05, 4.69) is 4.98 Å². The summed E-state index contributed by atoms with van der Waals surface area (Å²) in [6, 6.07) is 21.6. The lowest BCUT2D eigenvalue weighted by Crippen LogP contribution is -2.35. The van der Waals surface area contributed by atoms with Gasteiger partial charge in [0.15, 0.2) is 15.0 Å². The first-order chi connectivity index (χ1) is 14.4. The second kappa shape index (κ2) is 8.33. The highest BCUT2D eigenvalue weighted by atomic mass is 32.2. The van der Waals surface area contributed by atoms with Crippen molar-refractivity contribution in [3.63, 3.8) is 0 Å². The zero-order valence-corrected chi connectivity index (χ0v) is 17.4. The molecule has 1 amide bonds. The van der Waals surface area contributed by atoms with E-state index in [1.165, 1.54) is 23.1 Å². The fraction of sp³-hybridized carbons (Fsp3) is 0.0909. The van der Waals surface area contributed by atoms with Gasteiger partial charge in [0.2, 0.25) is 5.91 Å². The molecule has 0 aliphatic heterocycles. The molecule has 0 saturated carbocycles. The number of para-hydroxylation sites is 1. The number of halogens is 1. The number of hydrogen-bond donors (Lipinski definition) is 0. The minimum atomic E-state index is -3.83. The number of sulfone groups is 1. The van der Waals surface area contributed by atoms with Crippen LogP contribution in [-0.2, 0) is 21.2 Å². The molecule has 1 aromatic heterocycles. The fourth-order valence-electron chi connectivity index (χ4n) is 3.00. The first kappa shape index (κ1) is 20.2. The molecule has 4 aromatic rings. The number of rotatable bonds is 6. The number of anilines is 1. The summed E-state index contributed by atoms with van der Waals surface area (Å²) in [5.74, 6) is -1.82. The van der Waals surface area contributed by atoms with E-state index in [0.717, 1.165) is 16.9 Å². The van der Waals surface area contributed by atoms with Gasteiger partial charge in [-0.05, 0) is 29.8 Å². The van der Waals surface area contributed by atoms with Crippen molar-refractivity contribution in [3.8, 4) is 0 Å². The number of carbonyl (C=O) groups is 1. The minimum Gasteiger partial charge on any atom is -0.283 e. The van der Waals surface area contributed by atoms with Crippen LogP contribution in [0, 0.1) is 5.82 Å². The maximum Gasteiger partial charge on any atom is 0.244 e. The molecule has 1 heterocycles. The number of carbonyl (C=O) groups excluding carboxylic acids is 1. The molecular weight excluding hydrogens is 423 g/mol. The Morgan fingerprint density at radius 3 is 2.27 bits per heavy atom. The van der Waals surface area contributed by atoms with Gasteiger partial charge in [0, 0.05) is 0 Å². The van der Waals surface area contributed by atoms with Gasteiger partial charge in [0.25, 0.3) is 0 Å². The average Bonchev–Trinajstić information content (AvgIpc) is 3.18. The maximum absolute atomic E-state index is 14.1. The molecule has 0 atom stereocenters. The van der Waals surface area contributed by atoms with Crippen molar-refractivity contribution in [1.29, 1.82) is 0 Å². The van der Waals surface area contributed by atoms with Crippen molar-refractivity contribution in [2.75, 3.05) is 10.7 Å². The molecule has 0 unspecified atom stereocenters. The lowest BCUT2D eigenvalue weighted by molar-refractivity contribution is -0.116. The Hall–Kier alpha value is -3.10. The lowest BCUT2D eigenvalue weighted by atomic mass is 10.2. The smallest absolute Gasteiger partial charge is 0.244 e. The van der Waals surface area contributed by atoms with Crippen molar-refractivity contribution < 1.29 is 17.6 Å². The largest absolute Gasteiger partial charge is 0.283 e. The van der Waals surface area contributed by atoms with E-state index in [1.807, 2.05) is 30.3 Å². The Balaban J connectivity index is 1.71. The van der Waals surface area contributed by atoms with Crippen LogP contribution >= 0.6 is 11.3 Å². The summed E-state index contributed by atoms with van der Waals surface area (Å²) in [4.78, 5) is 18.8. The third kappa shape index (κ3) is 4.24. The Morgan fingerprint density at radius 2 is 1.60 bits per heavy atom. The van der Waals surface area contributed by atoms with Crippen LogP contribution in [0.25, 0.3) is 10.2 Å². The van der Waals surface area contributed by atoms with Crippen LogP contribution in [0.5, 0.6) is 0 Å². The second-order valence-electron chi connectivity index (χ2n) is 6.62. The average molecular weight is 441 g/mol. The molecule has 8 heteroatoms. The molecule has 0 saturated heterocycles. The van der Waals surface area contributed by atoms with Crippen molar-refractivity contribution in [2.45, 2.75) is 11.4 Å². The van der Waals surface area contributed by atoms with Crippen molar-refractivity contribution in [1.82, 2.24) is 4.98 Å². The number of aromatic nitrogens is 1. The molecule has 0 bridgehead atoms. The molecule has 0 radical (unpaired) electrons. The summed E-state index contributed by atoms with van der Waals surface area (Å²) in [5.41, 5.74) is 0.969. The molecule has 0 N–H and O–H groups in total. The quantitative estimate of drug-likeness (QED) is 0.445. The van der Waals surface area contributed by atoms with Crippen LogP contribution in [0.15, 0.2) is 83.8 Å². The van der Waals surface area contributed by atoms with Crippen molar-refractivity contribution in [3.05, 3.63) is 90.2 Å². The number of amides is 1. The molecule has 30 heavy (non-hydrogen) atoms. The van der Waals surface area contributed by atoms with Crippen molar-refractivity contribution in [2.24, 2.45) is 0 Å². The van der Waals surface area contributed by atoms with Crippen LogP contribution < -0.4 is 4.90 Å². The Bertz CT molecular complexity index is 1290. The van der Waals surface area contributed by atoms with E-state index < -0.39 is 27.3 Å². The number of fused-ring (bicyclic) bond motifs is 1. The van der Waals surface area contributed by atoms with E-state index in [4.69, 9.17) is 0 Å². The van der Waals surface area contributed by atoms with E-state index in [0.29, 0.717) is 4.70 Å². The highest BCUT2D eigenvalue weighted by molar-refractivity contribution is 7.92. The molecular formula is C22H17FN2O3S2. The van der Waals surface area contributed by atoms with E-state index >= 15 is 0 Å². The minimum absolute atomic E-state index is 0.0772. The predicted molar refractivity (Wildman–Crippen MR) is 116 cm³/mol. The van der Waals surface area contributed by atoms with Crippen LogP contribution in [0.3, 0.4) is 0 Å². The molecule has 0 aliphatic rings. The highest BCUT2D eigenvalue weighted by Crippen LogP contribution is 2.31. The third-order valence-corrected chi connectivity index (χ3v) is 7.15. The Labute approximate surface area is 177 Å². The summed E-state index contributed by atoms with van der Waals surface area (Å²) < 4.78 is 40.2. The maximum atomic E-state index is 14.1. The Morgan fingerprint density at radius 1 is 0.933 bits per heavy atom. The van der Waals surface area contributed by atoms with Gasteiger partial charge in [-0.25, -0.2) is 17.8 Å². The molecule has 4 rings (SSSR count). The van der Waals surface area contributed by atoms with Crippen molar-refractivity contribution >= 4 is 42.4 Å². The lowest BCUT2D eigenvalue weighted by Gasteiger charge is -2.20. The number of benzene rings is 3. The number of nitrogens with zero attached hydrogens (tertiary/aromatic N) is 2. The zero-order chi connectivity index (χ0) is 21.1. The first-order valence-corrected chi connectivity index (χ1v) is 11.6. The van der Waals surface area contributed by atoms with Crippen LogP contribution in [0.4, 0.5) is 9.52 Å². The van der Waals surface area contributed by atoms with Crippen LogP contribution in [0.1, 0.15) is 5.56 Å². The van der Waals surface area contributed by atoms with Gasteiger partial charge in [-0.3, -0.25) is 9.69 Å². The zero-order valence-electron chi connectivity index (χ0n) is 15.7. The fourth-order valence-corrected chi connectivity index (χ4v) is 5.21. The summed E-state index contributed by atoms with van der Waals surface area (Å²) in [7, 11) is -3.83. The normalized spacial score (nSPS) is 11.5. The van der Waals surface area contributed by atoms with Gasteiger partial charge in [-0.1, -0.05) is 65.9 Å². The van der Waals surface area contributed by atoms with Gasteiger partial charge in [-0.15, -0.1) is 0 Å². The van der Waals surface area contributed by atoms with E-state index in [9.17, 15) is 17.6 Å². The topological polar surface area (TPSA) is 67.3 Å². The standard InChI is InChI=1S/C22H17FN2O3S2/c23-18-12-7-13-19-21(18)24-22(29-19)25(14-16-8-3-1-4-9-16)20(26)15-30(27,28)17-10-5-2-6-11-17/h1-13H,14-15H2. The monoisotopic (exact) mass is 440 g/mol. The molecule has 0 spiro atoms. The number of hydrogen-bond acceptors (Lipinski definition) is 5. The molecule has 0 fully saturated rings. The molecule has 5 nitrogen and oxygen atoms in total. The predicted octanol–water partition coefficient (Wildman–Crippen LogP) is 4.44. The molecule has 152 valence electrons. The first-order valence-electron chi connectivity index (χ1n) is 9.11. The number of thiazole rings is 1. The van der Waals surface area contributed by atoms with E-state index in [-0.39, 0.29) is 22.1 Å². The summed E-state index contributed by atoms with van der Waals surface area (Å²) in [6.07, 6.45) is 0. The highest BCUT2D eigenvalue weighted by Gasteiger charge is 2.27. The van der Waals surface area contributed by atoms with Crippen LogP contribution in [-0.4, -0.2) is 25.1 Å². The molecule has 3 aromatic carbocycles. The molecule has 0 aliphatic carbocycles. The second-order valence-corrected chi connectivity index (χ2v) is 9.62. The van der Waals surface area contributed by atoms with Gasteiger partial charge >= 0.3 is 0 Å². The van der Waals surface area contributed by atoms with Gasteiger partial charge < -0.3 is 0 Å². The Kier molecular flexibility index (Phi) is 5.61. The third-order valence-electron chi connectivity index (χ3n) is 4.49. The summed E-state index contributed by atoms with van der Waals surface area (Å²) in [5, 5.41) is 0.257. The van der Waals surface area contributed by atoms with Gasteiger partial charge in [0.05, 0.1) is 16.1 Å². The van der Waals surface area contributed by atoms with Gasteiger partial charge in [-0.2, -0.15) is 0 Å². The summed E-state index contributed by atoms with van der Waals surface area (Å²) >= 11 is 1.15. The van der Waals surface area contributed by atoms with Crippen LogP contribution in [0.2, 0.25) is 0 Å². The van der Waals surface area contributed by atoms with Gasteiger partial charge in [0.1, 0.15) is 17.1 Å². The SMILES string of the molecule is O=C(CS(=O)(=O)c1ccccc1)N(Cc1ccccc1)c1nc2c(F)cccc2s1. The summed E-state index contributed by atoms with van der Waals surface area (Å²) in [6.45, 7) is 0.130. The van der Waals surface area contributed by atoms with E-state index in [1.54, 1.807) is 30.3 Å².